The van der Waals surface area contributed by atoms with Gasteiger partial charge in [-0.15, -0.1) is 5.10 Å². The predicted molar refractivity (Wildman–Crippen MR) is 76.7 cm³/mol. The van der Waals surface area contributed by atoms with Gasteiger partial charge in [0.15, 0.2) is 5.82 Å². The van der Waals surface area contributed by atoms with Gasteiger partial charge in [-0.1, -0.05) is 28.9 Å². The molecule has 0 saturated heterocycles. The SMILES string of the molecule is Cc1nnsc1-c1nc(CC(=O)NC2CCCCC2)no1. The third-order valence-electron chi connectivity index (χ3n) is 3.60. The number of amides is 1. The maximum Gasteiger partial charge on any atom is 0.271 e. The maximum atomic E-state index is 12.0. The predicted octanol–water partition coefficient (Wildman–Crippen LogP) is 1.89. The summed E-state index contributed by atoms with van der Waals surface area (Å²) in [5.41, 5.74) is 0.752. The van der Waals surface area contributed by atoms with Crippen molar-refractivity contribution in [1.29, 1.82) is 0 Å². The van der Waals surface area contributed by atoms with E-state index >= 15 is 0 Å². The van der Waals surface area contributed by atoms with Gasteiger partial charge < -0.3 is 9.84 Å². The van der Waals surface area contributed by atoms with E-state index in [0.717, 1.165) is 23.4 Å². The van der Waals surface area contributed by atoms with Crippen LogP contribution < -0.4 is 5.32 Å². The van der Waals surface area contributed by atoms with Gasteiger partial charge in [-0.05, 0) is 31.3 Å². The molecule has 1 aliphatic rings. The molecule has 21 heavy (non-hydrogen) atoms. The highest BCUT2D eigenvalue weighted by Crippen LogP contribution is 2.23. The molecule has 0 atom stereocenters. The number of carbonyl (C=O) groups excluding carboxylic acids is 1. The number of hydrogen-bond acceptors (Lipinski definition) is 7. The second-order valence-corrected chi connectivity index (χ2v) is 6.04. The van der Waals surface area contributed by atoms with Gasteiger partial charge in [-0.3, -0.25) is 4.79 Å². The Kier molecular flexibility index (Phi) is 4.23. The van der Waals surface area contributed by atoms with Crippen LogP contribution in [0.15, 0.2) is 4.52 Å². The second kappa shape index (κ2) is 6.30. The molecule has 0 aromatic carbocycles. The van der Waals surface area contributed by atoms with Gasteiger partial charge in [0.2, 0.25) is 5.91 Å². The molecule has 0 bridgehead atoms. The minimum Gasteiger partial charge on any atom is -0.353 e. The van der Waals surface area contributed by atoms with Crippen molar-refractivity contribution in [3.63, 3.8) is 0 Å². The number of aryl methyl sites for hydroxylation is 1. The molecule has 8 heteroatoms. The Hall–Kier alpha value is -1.83. The van der Waals surface area contributed by atoms with Gasteiger partial charge >= 0.3 is 0 Å². The number of nitrogens with one attached hydrogen (secondary N) is 1. The molecule has 1 aliphatic carbocycles. The van der Waals surface area contributed by atoms with Crippen LogP contribution in [0.2, 0.25) is 0 Å². The zero-order valence-corrected chi connectivity index (χ0v) is 12.7. The molecule has 1 amide bonds. The fourth-order valence-electron chi connectivity index (χ4n) is 2.51. The lowest BCUT2D eigenvalue weighted by Gasteiger charge is -2.22. The van der Waals surface area contributed by atoms with Gasteiger partial charge in [0.1, 0.15) is 4.88 Å². The van der Waals surface area contributed by atoms with E-state index in [-0.39, 0.29) is 12.3 Å². The summed E-state index contributed by atoms with van der Waals surface area (Å²) in [5.74, 6) is 0.725. The summed E-state index contributed by atoms with van der Waals surface area (Å²) >= 11 is 1.21. The highest BCUT2D eigenvalue weighted by molar-refractivity contribution is 7.09. The van der Waals surface area contributed by atoms with Crippen molar-refractivity contribution in [2.75, 3.05) is 0 Å². The van der Waals surface area contributed by atoms with E-state index in [2.05, 4.69) is 25.0 Å². The average molecular weight is 307 g/mol. The van der Waals surface area contributed by atoms with Crippen LogP contribution in [0.5, 0.6) is 0 Å². The largest absolute Gasteiger partial charge is 0.353 e. The molecule has 2 aromatic rings. The molecule has 2 heterocycles. The van der Waals surface area contributed by atoms with Crippen molar-refractivity contribution in [2.24, 2.45) is 0 Å². The summed E-state index contributed by atoms with van der Waals surface area (Å²) in [5, 5.41) is 10.8. The molecule has 2 aromatic heterocycles. The van der Waals surface area contributed by atoms with Gasteiger partial charge in [-0.25, -0.2) is 0 Å². The van der Waals surface area contributed by atoms with Gasteiger partial charge in [0.05, 0.1) is 12.1 Å². The molecule has 0 aliphatic heterocycles. The van der Waals surface area contributed by atoms with E-state index in [1.165, 1.54) is 30.8 Å². The van der Waals surface area contributed by atoms with E-state index in [1.807, 2.05) is 6.92 Å². The fourth-order valence-corrected chi connectivity index (χ4v) is 3.09. The third kappa shape index (κ3) is 3.44. The Labute approximate surface area is 126 Å². The Balaban J connectivity index is 1.59. The number of carbonyl (C=O) groups is 1. The van der Waals surface area contributed by atoms with Crippen LogP contribution in [0.1, 0.15) is 43.6 Å². The zero-order chi connectivity index (χ0) is 14.7. The minimum absolute atomic E-state index is 0.0478. The first-order valence-corrected chi connectivity index (χ1v) is 7.91. The van der Waals surface area contributed by atoms with Crippen LogP contribution in [-0.4, -0.2) is 31.7 Å². The maximum absolute atomic E-state index is 12.0. The minimum atomic E-state index is -0.0478. The fraction of sp³-hybridized carbons (Fsp3) is 0.615. The van der Waals surface area contributed by atoms with Crippen LogP contribution in [0.4, 0.5) is 0 Å². The van der Waals surface area contributed by atoms with Crippen molar-refractivity contribution in [2.45, 2.75) is 51.5 Å². The number of rotatable bonds is 4. The molecule has 7 nitrogen and oxygen atoms in total. The normalized spacial score (nSPS) is 16.0. The Morgan fingerprint density at radius 3 is 2.90 bits per heavy atom. The van der Waals surface area contributed by atoms with E-state index in [9.17, 15) is 4.79 Å². The van der Waals surface area contributed by atoms with E-state index in [0.29, 0.717) is 17.8 Å². The first kappa shape index (κ1) is 14.1. The summed E-state index contributed by atoms with van der Waals surface area (Å²) in [6, 6.07) is 0.297. The molecular weight excluding hydrogens is 290 g/mol. The van der Waals surface area contributed by atoms with Crippen LogP contribution >= 0.6 is 11.5 Å². The quantitative estimate of drug-likeness (QED) is 0.927. The number of nitrogens with zero attached hydrogens (tertiary/aromatic N) is 4. The van der Waals surface area contributed by atoms with Gasteiger partial charge in [-0.2, -0.15) is 4.98 Å². The van der Waals surface area contributed by atoms with Crippen LogP contribution in [0, 0.1) is 6.92 Å². The molecule has 3 rings (SSSR count). The van der Waals surface area contributed by atoms with Crippen LogP contribution in [0.3, 0.4) is 0 Å². The van der Waals surface area contributed by atoms with Crippen molar-refractivity contribution in [1.82, 2.24) is 25.0 Å². The molecule has 1 saturated carbocycles. The first-order valence-electron chi connectivity index (χ1n) is 7.13. The number of aromatic nitrogens is 4. The van der Waals surface area contributed by atoms with Gasteiger partial charge in [0, 0.05) is 6.04 Å². The lowest BCUT2D eigenvalue weighted by molar-refractivity contribution is -0.121. The summed E-state index contributed by atoms with van der Waals surface area (Å²) in [7, 11) is 0. The Morgan fingerprint density at radius 1 is 1.38 bits per heavy atom. The van der Waals surface area contributed by atoms with E-state index in [4.69, 9.17) is 4.52 Å². The highest BCUT2D eigenvalue weighted by atomic mass is 32.1. The molecular formula is C13H17N5O2S. The number of hydrogen-bond donors (Lipinski definition) is 1. The van der Waals surface area contributed by atoms with Crippen molar-refractivity contribution < 1.29 is 9.32 Å². The average Bonchev–Trinajstić information content (AvgIpc) is 3.08. The monoisotopic (exact) mass is 307 g/mol. The van der Waals surface area contributed by atoms with E-state index < -0.39 is 0 Å². The van der Waals surface area contributed by atoms with Crippen molar-refractivity contribution in [3.8, 4) is 10.8 Å². The Morgan fingerprint density at radius 2 is 2.19 bits per heavy atom. The third-order valence-corrected chi connectivity index (χ3v) is 4.42. The molecule has 1 fully saturated rings. The highest BCUT2D eigenvalue weighted by Gasteiger charge is 2.19. The summed E-state index contributed by atoms with van der Waals surface area (Å²) < 4.78 is 9.00. The van der Waals surface area contributed by atoms with Crippen molar-refractivity contribution in [3.05, 3.63) is 11.5 Å². The van der Waals surface area contributed by atoms with Crippen molar-refractivity contribution >= 4 is 17.4 Å². The second-order valence-electron chi connectivity index (χ2n) is 5.28. The van der Waals surface area contributed by atoms with Gasteiger partial charge in [0.25, 0.3) is 5.89 Å². The summed E-state index contributed by atoms with van der Waals surface area (Å²) in [6.45, 7) is 1.83. The van der Waals surface area contributed by atoms with Crippen LogP contribution in [0.25, 0.3) is 10.8 Å². The summed E-state index contributed by atoms with van der Waals surface area (Å²) in [6.07, 6.45) is 5.92. The lowest BCUT2D eigenvalue weighted by atomic mass is 9.95. The first-order chi connectivity index (χ1) is 10.2. The smallest absolute Gasteiger partial charge is 0.271 e. The molecule has 0 spiro atoms. The molecule has 112 valence electrons. The molecule has 0 radical (unpaired) electrons. The standard InChI is InChI=1S/C13H17N5O2S/c1-8-12(21-18-16-8)13-15-10(17-20-13)7-11(19)14-9-5-3-2-4-6-9/h9H,2-7H2,1H3,(H,14,19). The van der Waals surface area contributed by atoms with Crippen LogP contribution in [-0.2, 0) is 11.2 Å². The zero-order valence-electron chi connectivity index (χ0n) is 11.8. The van der Waals surface area contributed by atoms with E-state index in [1.54, 1.807) is 0 Å². The molecule has 1 N–H and O–H groups in total. The Bertz CT molecular complexity index is 618. The summed E-state index contributed by atoms with van der Waals surface area (Å²) in [4.78, 5) is 17.0. The topological polar surface area (TPSA) is 93.8 Å². The lowest BCUT2D eigenvalue weighted by Crippen LogP contribution is -2.37. The molecule has 0 unspecified atom stereocenters.